The Kier molecular flexibility index (Phi) is 9.77. The van der Waals surface area contributed by atoms with Crippen molar-refractivity contribution in [3.63, 3.8) is 0 Å². The molecule has 274 valence electrons. The monoisotopic (exact) mass is 760 g/mol. The number of halogens is 13. The average molecular weight is 761 g/mol. The summed E-state index contributed by atoms with van der Waals surface area (Å²) in [5, 5.41) is 0. The molecule has 0 heterocycles. The molecule has 5 aromatic carbocycles. The Hall–Kier alpha value is -4.90. The van der Waals surface area contributed by atoms with E-state index in [-0.39, 0.29) is 42.5 Å². The van der Waals surface area contributed by atoms with Gasteiger partial charge in [0.25, 0.3) is 0 Å². The first kappa shape index (κ1) is 38.3. The van der Waals surface area contributed by atoms with Crippen molar-refractivity contribution in [3.05, 3.63) is 147 Å². The molecule has 52 heavy (non-hydrogen) atoms. The standard InChI is InChI=1S/C38H25F13S/c1-3-4-23-14-28(25-16-33(43)37(34(44)17-25)26-18-35(45)38(36(46)19-26)52(47,48,49,50)51)32(42)15-24(23)9-10-27-30(40)12-21(13-31(27)41)6-8-22-7-5-20(2)11-29(22)39/h5,7,11-19H,3-4,6,8H2,1-2H3. The van der Waals surface area contributed by atoms with Crippen LogP contribution in [-0.4, -0.2) is 0 Å². The van der Waals surface area contributed by atoms with Gasteiger partial charge in [-0.05, 0) is 114 Å². The van der Waals surface area contributed by atoms with Gasteiger partial charge in [0.05, 0.1) is 11.1 Å². The van der Waals surface area contributed by atoms with Crippen LogP contribution in [0.2, 0.25) is 0 Å². The SMILES string of the molecule is CCCc1cc(-c2cc(F)c(-c3cc(F)c(S(F)(F)(F)(F)F)c(F)c3)c(F)c2)c(F)cc1C#Cc1c(F)cc(CCc2ccc(C)cc2F)cc1F. The summed E-state index contributed by atoms with van der Waals surface area (Å²) < 4.78 is 184. The quantitative estimate of drug-likeness (QED) is 0.109. The number of aryl methyl sites for hydroxylation is 4. The van der Waals surface area contributed by atoms with Crippen LogP contribution in [0.15, 0.2) is 71.6 Å². The third-order valence-electron chi connectivity index (χ3n) is 8.05. The number of benzene rings is 5. The molecule has 0 fully saturated rings. The molecule has 0 aliphatic heterocycles. The Labute approximate surface area is 289 Å². The van der Waals surface area contributed by atoms with Gasteiger partial charge in [0.1, 0.15) is 46.5 Å². The highest BCUT2D eigenvalue weighted by Gasteiger charge is 2.69. The van der Waals surface area contributed by atoms with Gasteiger partial charge in [-0.15, -0.1) is 0 Å². The van der Waals surface area contributed by atoms with Crippen molar-refractivity contribution in [2.45, 2.75) is 44.4 Å². The summed E-state index contributed by atoms with van der Waals surface area (Å²) in [5.74, 6) is -7.55. The molecule has 0 atom stereocenters. The molecule has 0 aromatic heterocycles. The van der Waals surface area contributed by atoms with Crippen molar-refractivity contribution in [2.24, 2.45) is 0 Å². The summed E-state index contributed by atoms with van der Waals surface area (Å²) in [7, 11) is -10.9. The van der Waals surface area contributed by atoms with Gasteiger partial charge in [-0.3, -0.25) is 0 Å². The summed E-state index contributed by atoms with van der Waals surface area (Å²) in [4.78, 5) is -3.47. The smallest absolute Gasteiger partial charge is 0.207 e. The molecule has 14 heteroatoms. The van der Waals surface area contributed by atoms with E-state index in [0.717, 1.165) is 18.2 Å². The van der Waals surface area contributed by atoms with E-state index in [1.165, 1.54) is 12.1 Å². The predicted octanol–water partition coefficient (Wildman–Crippen LogP) is 13.2. The summed E-state index contributed by atoms with van der Waals surface area (Å²) in [6, 6.07) is 9.21. The molecule has 0 spiro atoms. The molecule has 0 N–H and O–H groups in total. The lowest BCUT2D eigenvalue weighted by Crippen LogP contribution is -2.12. The maximum Gasteiger partial charge on any atom is 0.315 e. The van der Waals surface area contributed by atoms with Gasteiger partial charge in [-0.1, -0.05) is 56.7 Å². The van der Waals surface area contributed by atoms with Crippen LogP contribution in [0.25, 0.3) is 22.3 Å². The molecule has 0 saturated carbocycles. The lowest BCUT2D eigenvalue weighted by atomic mass is 9.94. The van der Waals surface area contributed by atoms with Crippen LogP contribution in [0, 0.1) is 65.3 Å². The Morgan fingerprint density at radius 1 is 0.519 bits per heavy atom. The van der Waals surface area contributed by atoms with E-state index in [1.807, 2.05) is 0 Å². The summed E-state index contributed by atoms with van der Waals surface area (Å²) >= 11 is 0. The minimum absolute atomic E-state index is 0.0200. The van der Waals surface area contributed by atoms with Crippen LogP contribution < -0.4 is 0 Å². The zero-order chi connectivity index (χ0) is 38.4. The normalized spacial score (nSPS) is 13.0. The van der Waals surface area contributed by atoms with Crippen molar-refractivity contribution in [1.82, 2.24) is 0 Å². The largest absolute Gasteiger partial charge is 0.315 e. The van der Waals surface area contributed by atoms with Crippen LogP contribution in [0.4, 0.5) is 54.6 Å². The Morgan fingerprint density at radius 3 is 1.63 bits per heavy atom. The first-order valence-electron chi connectivity index (χ1n) is 15.4. The third kappa shape index (κ3) is 8.25. The minimum atomic E-state index is -10.9. The second kappa shape index (κ2) is 13.3. The second-order valence-electron chi connectivity index (χ2n) is 12.1. The van der Waals surface area contributed by atoms with Crippen molar-refractivity contribution in [1.29, 1.82) is 0 Å². The van der Waals surface area contributed by atoms with Crippen molar-refractivity contribution in [2.75, 3.05) is 0 Å². The van der Waals surface area contributed by atoms with Crippen molar-refractivity contribution in [3.8, 4) is 34.1 Å². The van der Waals surface area contributed by atoms with Gasteiger partial charge < -0.3 is 0 Å². The number of hydrogen-bond acceptors (Lipinski definition) is 0. The van der Waals surface area contributed by atoms with Crippen LogP contribution in [0.1, 0.15) is 46.7 Å². The maximum absolute atomic E-state index is 15.4. The molecule has 0 radical (unpaired) electrons. The fourth-order valence-electron chi connectivity index (χ4n) is 5.66. The van der Waals surface area contributed by atoms with E-state index in [9.17, 15) is 41.4 Å². The van der Waals surface area contributed by atoms with Gasteiger partial charge >= 0.3 is 10.2 Å². The highest BCUT2D eigenvalue weighted by molar-refractivity contribution is 8.45. The molecule has 0 bridgehead atoms. The predicted molar refractivity (Wildman–Crippen MR) is 173 cm³/mol. The molecule has 0 saturated heterocycles. The molecule has 0 nitrogen and oxygen atoms in total. The van der Waals surface area contributed by atoms with Gasteiger partial charge in [0.15, 0.2) is 4.90 Å². The van der Waals surface area contributed by atoms with Gasteiger partial charge in [-0.2, -0.15) is 0 Å². The fourth-order valence-corrected chi connectivity index (χ4v) is 6.52. The lowest BCUT2D eigenvalue weighted by molar-refractivity contribution is 0.345. The Balaban J connectivity index is 1.46. The molecular formula is C38H25F13S. The molecular weight excluding hydrogens is 735 g/mol. The topological polar surface area (TPSA) is 0 Å². The van der Waals surface area contributed by atoms with Crippen LogP contribution >= 0.6 is 10.2 Å². The van der Waals surface area contributed by atoms with Gasteiger partial charge in [0, 0.05) is 11.1 Å². The highest BCUT2D eigenvalue weighted by Crippen LogP contribution is 3.02. The van der Waals surface area contributed by atoms with E-state index in [4.69, 9.17) is 0 Å². The molecule has 0 unspecified atom stereocenters. The van der Waals surface area contributed by atoms with Crippen LogP contribution in [-0.2, 0) is 19.3 Å². The number of rotatable bonds is 8. The van der Waals surface area contributed by atoms with Crippen molar-refractivity contribution >= 4 is 10.2 Å². The second-order valence-corrected chi connectivity index (χ2v) is 14.4. The van der Waals surface area contributed by atoms with Gasteiger partial charge in [0.2, 0.25) is 0 Å². The molecule has 0 amide bonds. The van der Waals surface area contributed by atoms with E-state index >= 15 is 13.2 Å². The average Bonchev–Trinajstić information content (AvgIpc) is 2.99. The zero-order valence-corrected chi connectivity index (χ0v) is 27.8. The van der Waals surface area contributed by atoms with Crippen LogP contribution in [0.5, 0.6) is 0 Å². The van der Waals surface area contributed by atoms with E-state index in [2.05, 4.69) is 11.8 Å². The number of hydrogen-bond donors (Lipinski definition) is 0. The first-order valence-corrected chi connectivity index (χ1v) is 17.3. The Morgan fingerprint density at radius 2 is 1.10 bits per heavy atom. The minimum Gasteiger partial charge on any atom is -0.207 e. The fraction of sp³-hybridized carbons (Fsp3) is 0.158. The van der Waals surface area contributed by atoms with E-state index in [1.54, 1.807) is 26.0 Å². The van der Waals surface area contributed by atoms with Crippen LogP contribution in [0.3, 0.4) is 0 Å². The summed E-state index contributed by atoms with van der Waals surface area (Å²) in [6.45, 7) is 3.45. The lowest BCUT2D eigenvalue weighted by Gasteiger charge is -2.40. The zero-order valence-electron chi connectivity index (χ0n) is 27.0. The summed E-state index contributed by atoms with van der Waals surface area (Å²) in [6.07, 6.45) is 0.936. The molecule has 5 rings (SSSR count). The molecule has 0 aliphatic carbocycles. The third-order valence-corrected chi connectivity index (χ3v) is 9.22. The maximum atomic E-state index is 15.4. The molecule has 5 aromatic rings. The Bertz CT molecular complexity index is 2230. The first-order chi connectivity index (χ1) is 24.1. The highest BCUT2D eigenvalue weighted by atomic mass is 32.5. The van der Waals surface area contributed by atoms with E-state index in [0.29, 0.717) is 35.2 Å². The molecule has 0 aliphatic rings. The van der Waals surface area contributed by atoms with Crippen molar-refractivity contribution < 1.29 is 54.6 Å². The summed E-state index contributed by atoms with van der Waals surface area (Å²) in [5.41, 5.74) is -2.34. The van der Waals surface area contributed by atoms with E-state index < -0.39 is 89.5 Å². The van der Waals surface area contributed by atoms with Gasteiger partial charge in [-0.25, -0.2) is 35.1 Å².